The molecule has 2 aliphatic carbocycles. The van der Waals surface area contributed by atoms with E-state index in [2.05, 4.69) is 20.4 Å². The van der Waals surface area contributed by atoms with Gasteiger partial charge in [0, 0.05) is 31.5 Å². The molecule has 3 aliphatic rings. The van der Waals surface area contributed by atoms with Crippen molar-refractivity contribution in [1.82, 2.24) is 20.4 Å². The molecule has 1 aromatic rings. The van der Waals surface area contributed by atoms with Crippen LogP contribution >= 0.6 is 0 Å². The fourth-order valence-corrected chi connectivity index (χ4v) is 4.97. The van der Waals surface area contributed by atoms with Crippen LogP contribution < -0.4 is 5.32 Å². The molecule has 0 unspecified atom stereocenters. The summed E-state index contributed by atoms with van der Waals surface area (Å²) < 4.78 is 5.41. The average Bonchev–Trinajstić information content (AvgIpc) is 3.43. The normalized spacial score (nSPS) is 25.8. The maximum Gasteiger partial charge on any atom is 0.229 e. The minimum absolute atomic E-state index is 0.142. The average molecular weight is 361 g/mol. The lowest BCUT2D eigenvalue weighted by atomic mass is 9.95. The Bertz CT molecular complexity index is 590. The molecule has 1 aromatic heterocycles. The summed E-state index contributed by atoms with van der Waals surface area (Å²) in [5.74, 6) is 2.32. The van der Waals surface area contributed by atoms with Crippen LogP contribution in [0.25, 0.3) is 0 Å². The van der Waals surface area contributed by atoms with Crippen LogP contribution in [-0.2, 0) is 11.2 Å². The second kappa shape index (κ2) is 8.51. The Morgan fingerprint density at radius 1 is 1.08 bits per heavy atom. The highest BCUT2D eigenvalue weighted by atomic mass is 16.5. The van der Waals surface area contributed by atoms with Gasteiger partial charge in [0.15, 0.2) is 5.82 Å². The minimum Gasteiger partial charge on any atom is -0.355 e. The molecule has 1 saturated heterocycles. The van der Waals surface area contributed by atoms with Crippen molar-refractivity contribution < 1.29 is 9.32 Å². The van der Waals surface area contributed by atoms with Crippen molar-refractivity contribution in [3.8, 4) is 0 Å². The summed E-state index contributed by atoms with van der Waals surface area (Å²) in [4.78, 5) is 19.7. The highest BCUT2D eigenvalue weighted by Gasteiger charge is 2.31. The number of nitrogens with one attached hydrogen (secondary N) is 1. The Hall–Kier alpha value is -1.43. The van der Waals surface area contributed by atoms with Gasteiger partial charge in [-0.1, -0.05) is 30.8 Å². The molecule has 26 heavy (non-hydrogen) atoms. The molecule has 4 rings (SSSR count). The number of piperidine rings is 1. The Morgan fingerprint density at radius 3 is 2.65 bits per heavy atom. The summed E-state index contributed by atoms with van der Waals surface area (Å²) in [6, 6.07) is 0.721. The van der Waals surface area contributed by atoms with Crippen molar-refractivity contribution in [1.29, 1.82) is 0 Å². The van der Waals surface area contributed by atoms with Crippen LogP contribution in [0.2, 0.25) is 0 Å². The largest absolute Gasteiger partial charge is 0.355 e. The van der Waals surface area contributed by atoms with Gasteiger partial charge in [-0.3, -0.25) is 9.69 Å². The van der Waals surface area contributed by atoms with Crippen molar-refractivity contribution in [2.75, 3.05) is 19.6 Å². The Morgan fingerprint density at radius 2 is 1.85 bits per heavy atom. The van der Waals surface area contributed by atoms with E-state index in [1.807, 2.05) is 0 Å². The third-order valence-electron chi connectivity index (χ3n) is 6.50. The lowest BCUT2D eigenvalue weighted by Crippen LogP contribution is -2.46. The highest BCUT2D eigenvalue weighted by molar-refractivity contribution is 5.78. The van der Waals surface area contributed by atoms with E-state index in [1.54, 1.807) is 0 Å². The van der Waals surface area contributed by atoms with Crippen molar-refractivity contribution in [3.63, 3.8) is 0 Å². The number of nitrogens with zero attached hydrogens (tertiary/aromatic N) is 3. The molecule has 0 spiro atoms. The smallest absolute Gasteiger partial charge is 0.229 e. The quantitative estimate of drug-likeness (QED) is 0.844. The minimum atomic E-state index is 0.142. The van der Waals surface area contributed by atoms with Gasteiger partial charge in [0.1, 0.15) is 0 Å². The van der Waals surface area contributed by atoms with Gasteiger partial charge in [0.25, 0.3) is 0 Å². The fourth-order valence-electron chi connectivity index (χ4n) is 4.97. The molecule has 1 amide bonds. The number of likely N-dealkylation sites (tertiary alicyclic amines) is 1. The number of carbonyl (C=O) groups is 1. The monoisotopic (exact) mass is 360 g/mol. The van der Waals surface area contributed by atoms with Gasteiger partial charge in [-0.2, -0.15) is 4.98 Å². The van der Waals surface area contributed by atoms with Crippen LogP contribution in [0, 0.1) is 5.92 Å². The zero-order valence-electron chi connectivity index (χ0n) is 15.8. The Labute approximate surface area is 156 Å². The first kappa shape index (κ1) is 18.0. The van der Waals surface area contributed by atoms with Gasteiger partial charge in [-0.05, 0) is 45.1 Å². The summed E-state index contributed by atoms with van der Waals surface area (Å²) in [5, 5.41) is 7.19. The van der Waals surface area contributed by atoms with Gasteiger partial charge in [0.05, 0.1) is 5.92 Å². The van der Waals surface area contributed by atoms with Crippen LogP contribution in [0.5, 0.6) is 0 Å². The summed E-state index contributed by atoms with van der Waals surface area (Å²) in [6.07, 6.45) is 13.0. The molecule has 2 saturated carbocycles. The van der Waals surface area contributed by atoms with Crippen LogP contribution in [-0.4, -0.2) is 46.6 Å². The molecular formula is C20H32N4O2. The fraction of sp³-hybridized carbons (Fsp3) is 0.850. The molecule has 0 bridgehead atoms. The zero-order valence-corrected chi connectivity index (χ0v) is 15.8. The van der Waals surface area contributed by atoms with Crippen molar-refractivity contribution >= 4 is 5.91 Å². The van der Waals surface area contributed by atoms with Crippen molar-refractivity contribution in [3.05, 3.63) is 11.7 Å². The van der Waals surface area contributed by atoms with Crippen molar-refractivity contribution in [2.45, 2.75) is 82.6 Å². The van der Waals surface area contributed by atoms with Gasteiger partial charge >= 0.3 is 0 Å². The van der Waals surface area contributed by atoms with Crippen LogP contribution in [0.15, 0.2) is 4.52 Å². The van der Waals surface area contributed by atoms with E-state index in [0.29, 0.717) is 18.9 Å². The number of amides is 1. The highest BCUT2D eigenvalue weighted by Crippen LogP contribution is 2.33. The van der Waals surface area contributed by atoms with Gasteiger partial charge < -0.3 is 9.84 Å². The third kappa shape index (κ3) is 4.27. The van der Waals surface area contributed by atoms with Crippen LogP contribution in [0.4, 0.5) is 0 Å². The number of rotatable bonds is 6. The molecule has 6 nitrogen and oxygen atoms in total. The number of carbonyl (C=O) groups excluding carboxylic acids is 1. The maximum absolute atomic E-state index is 12.6. The predicted octanol–water partition coefficient (Wildman–Crippen LogP) is 3.04. The van der Waals surface area contributed by atoms with Crippen molar-refractivity contribution in [2.24, 2.45) is 5.92 Å². The van der Waals surface area contributed by atoms with E-state index < -0.39 is 0 Å². The first-order valence-electron chi connectivity index (χ1n) is 10.6. The van der Waals surface area contributed by atoms with E-state index in [0.717, 1.165) is 50.0 Å². The zero-order chi connectivity index (χ0) is 17.8. The van der Waals surface area contributed by atoms with E-state index in [4.69, 9.17) is 4.52 Å². The number of hydrogen-bond acceptors (Lipinski definition) is 5. The molecule has 3 fully saturated rings. The predicted molar refractivity (Wildman–Crippen MR) is 98.8 cm³/mol. The summed E-state index contributed by atoms with van der Waals surface area (Å²) in [5.41, 5.74) is 0. The van der Waals surface area contributed by atoms with Crippen LogP contribution in [0.1, 0.15) is 81.8 Å². The molecular weight excluding hydrogens is 328 g/mol. The van der Waals surface area contributed by atoms with Gasteiger partial charge in [0.2, 0.25) is 11.8 Å². The molecule has 1 N–H and O–H groups in total. The first-order chi connectivity index (χ1) is 12.8. The van der Waals surface area contributed by atoms with E-state index >= 15 is 0 Å². The summed E-state index contributed by atoms with van der Waals surface area (Å²) >= 11 is 0. The Balaban J connectivity index is 1.21. The molecule has 1 atom stereocenters. The molecule has 0 radical (unpaired) electrons. The molecule has 6 heteroatoms. The third-order valence-corrected chi connectivity index (χ3v) is 6.50. The molecule has 144 valence electrons. The molecule has 2 heterocycles. The number of aromatic nitrogens is 2. The SMILES string of the molecule is O=C(NCCc1noc(C2CCCC2)n1)[C@@H]1CCCN(C2CCCC2)C1. The van der Waals surface area contributed by atoms with E-state index in [-0.39, 0.29) is 11.8 Å². The second-order valence-corrected chi connectivity index (χ2v) is 8.34. The van der Waals surface area contributed by atoms with E-state index in [1.165, 1.54) is 45.1 Å². The summed E-state index contributed by atoms with van der Waals surface area (Å²) in [7, 11) is 0. The van der Waals surface area contributed by atoms with Gasteiger partial charge in [-0.25, -0.2) is 0 Å². The molecule has 1 aliphatic heterocycles. The maximum atomic E-state index is 12.6. The Kier molecular flexibility index (Phi) is 5.88. The summed E-state index contributed by atoms with van der Waals surface area (Å²) in [6.45, 7) is 2.70. The second-order valence-electron chi connectivity index (χ2n) is 8.34. The molecule has 0 aromatic carbocycles. The van der Waals surface area contributed by atoms with Crippen LogP contribution in [0.3, 0.4) is 0 Å². The standard InChI is InChI=1S/C20H32N4O2/c25-19(16-8-5-13-24(14-16)17-9-3-4-10-17)21-12-11-18-22-20(26-23-18)15-6-1-2-7-15/h15-17H,1-14H2,(H,21,25)/t16-/m1/s1. The first-order valence-corrected chi connectivity index (χ1v) is 10.6. The lowest BCUT2D eigenvalue weighted by Gasteiger charge is -2.36. The lowest BCUT2D eigenvalue weighted by molar-refractivity contribution is -0.127. The number of hydrogen-bond donors (Lipinski definition) is 1. The van der Waals surface area contributed by atoms with E-state index in [9.17, 15) is 4.79 Å². The van der Waals surface area contributed by atoms with Gasteiger partial charge in [-0.15, -0.1) is 0 Å². The topological polar surface area (TPSA) is 71.3 Å².